The molecule has 1 N–H and O–H groups in total. The van der Waals surface area contributed by atoms with Gasteiger partial charge < -0.3 is 10.2 Å². The Morgan fingerprint density at radius 2 is 1.93 bits per heavy atom. The summed E-state index contributed by atoms with van der Waals surface area (Å²) in [5.41, 5.74) is 0. The molecule has 1 rings (SSSR count). The van der Waals surface area contributed by atoms with Crippen LogP contribution in [0.5, 0.6) is 0 Å². The van der Waals surface area contributed by atoms with Gasteiger partial charge in [-0.25, -0.2) is 0 Å². The quantitative estimate of drug-likeness (QED) is 0.679. The molecular formula is C12H26N2. The fraction of sp³-hybridized carbons (Fsp3) is 1.00. The lowest BCUT2D eigenvalue weighted by Crippen LogP contribution is -2.32. The van der Waals surface area contributed by atoms with Crippen LogP contribution in [0.25, 0.3) is 0 Å². The van der Waals surface area contributed by atoms with Gasteiger partial charge in [-0.2, -0.15) is 0 Å². The van der Waals surface area contributed by atoms with Crippen LogP contribution in [0.4, 0.5) is 0 Å². The fourth-order valence-electron chi connectivity index (χ4n) is 2.05. The van der Waals surface area contributed by atoms with Gasteiger partial charge in [-0.1, -0.05) is 13.8 Å². The summed E-state index contributed by atoms with van der Waals surface area (Å²) in [5.74, 6) is 1.76. The Morgan fingerprint density at radius 1 is 1.29 bits per heavy atom. The third-order valence-electron chi connectivity index (χ3n) is 3.12. The van der Waals surface area contributed by atoms with Crippen molar-refractivity contribution in [3.63, 3.8) is 0 Å². The van der Waals surface area contributed by atoms with Crippen LogP contribution in [0.15, 0.2) is 0 Å². The average Bonchev–Trinajstić information content (AvgIpc) is 2.15. The summed E-state index contributed by atoms with van der Waals surface area (Å²) in [7, 11) is 2.23. The highest BCUT2D eigenvalue weighted by atomic mass is 15.1. The summed E-state index contributed by atoms with van der Waals surface area (Å²) in [4.78, 5) is 2.44. The number of hydrogen-bond acceptors (Lipinski definition) is 2. The van der Waals surface area contributed by atoms with Gasteiger partial charge in [-0.3, -0.25) is 0 Å². The van der Waals surface area contributed by atoms with Gasteiger partial charge in [-0.15, -0.1) is 0 Å². The predicted octanol–water partition coefficient (Wildman–Crippen LogP) is 1.96. The minimum Gasteiger partial charge on any atom is -0.316 e. The maximum atomic E-state index is 3.53. The minimum atomic E-state index is 0.785. The van der Waals surface area contributed by atoms with Crippen LogP contribution >= 0.6 is 0 Å². The fourth-order valence-corrected chi connectivity index (χ4v) is 2.05. The summed E-state index contributed by atoms with van der Waals surface area (Å²) in [5, 5.41) is 3.53. The molecule has 1 aliphatic heterocycles. The van der Waals surface area contributed by atoms with E-state index in [1.807, 2.05) is 0 Å². The molecule has 0 bridgehead atoms. The van der Waals surface area contributed by atoms with Gasteiger partial charge in [-0.05, 0) is 64.3 Å². The van der Waals surface area contributed by atoms with E-state index in [0.29, 0.717) is 0 Å². The summed E-state index contributed by atoms with van der Waals surface area (Å²) < 4.78 is 0. The normalized spacial score (nSPS) is 20.6. The molecule has 0 saturated carbocycles. The highest BCUT2D eigenvalue weighted by Crippen LogP contribution is 2.18. The molecule has 0 radical (unpaired) electrons. The first-order valence-electron chi connectivity index (χ1n) is 6.07. The SMILES string of the molecule is CC(C)CNCCC1CCN(C)CC1. The topological polar surface area (TPSA) is 15.3 Å². The molecule has 1 saturated heterocycles. The van der Waals surface area contributed by atoms with Gasteiger partial charge in [0.2, 0.25) is 0 Å². The lowest BCUT2D eigenvalue weighted by Gasteiger charge is -2.29. The van der Waals surface area contributed by atoms with E-state index in [1.165, 1.54) is 45.4 Å². The molecule has 2 nitrogen and oxygen atoms in total. The number of nitrogens with zero attached hydrogens (tertiary/aromatic N) is 1. The number of rotatable bonds is 5. The standard InChI is InChI=1S/C12H26N2/c1-11(2)10-13-7-4-12-5-8-14(3)9-6-12/h11-13H,4-10H2,1-3H3. The Labute approximate surface area is 89.1 Å². The van der Waals surface area contributed by atoms with Gasteiger partial charge in [0.1, 0.15) is 0 Å². The first-order valence-corrected chi connectivity index (χ1v) is 6.07. The van der Waals surface area contributed by atoms with Crippen molar-refractivity contribution in [1.29, 1.82) is 0 Å². The Morgan fingerprint density at radius 3 is 2.50 bits per heavy atom. The first-order chi connectivity index (χ1) is 6.68. The molecule has 0 spiro atoms. The average molecular weight is 198 g/mol. The Bertz CT molecular complexity index is 137. The summed E-state index contributed by atoms with van der Waals surface area (Å²) in [6.07, 6.45) is 4.18. The van der Waals surface area contributed by atoms with Crippen molar-refractivity contribution in [3.8, 4) is 0 Å². The monoisotopic (exact) mass is 198 g/mol. The molecule has 84 valence electrons. The van der Waals surface area contributed by atoms with E-state index in [1.54, 1.807) is 0 Å². The second-order valence-corrected chi connectivity index (χ2v) is 5.13. The Kier molecular flexibility index (Phi) is 5.49. The highest BCUT2D eigenvalue weighted by molar-refractivity contribution is 4.70. The number of nitrogens with one attached hydrogen (secondary N) is 1. The molecule has 14 heavy (non-hydrogen) atoms. The van der Waals surface area contributed by atoms with Crippen LogP contribution in [0, 0.1) is 11.8 Å². The maximum Gasteiger partial charge on any atom is -0.00191 e. The first kappa shape index (κ1) is 12.0. The molecule has 0 aromatic carbocycles. The van der Waals surface area contributed by atoms with E-state index in [9.17, 15) is 0 Å². The van der Waals surface area contributed by atoms with Crippen molar-refractivity contribution in [1.82, 2.24) is 10.2 Å². The third-order valence-corrected chi connectivity index (χ3v) is 3.12. The zero-order valence-corrected chi connectivity index (χ0v) is 10.1. The van der Waals surface area contributed by atoms with Crippen molar-refractivity contribution >= 4 is 0 Å². The summed E-state index contributed by atoms with van der Waals surface area (Å²) >= 11 is 0. The number of piperidine rings is 1. The van der Waals surface area contributed by atoms with Crippen LogP contribution in [0.3, 0.4) is 0 Å². The molecule has 2 heteroatoms. The molecule has 1 fully saturated rings. The van der Waals surface area contributed by atoms with Gasteiger partial charge in [0.15, 0.2) is 0 Å². The van der Waals surface area contributed by atoms with Crippen molar-refractivity contribution in [2.45, 2.75) is 33.1 Å². The van der Waals surface area contributed by atoms with Crippen molar-refractivity contribution < 1.29 is 0 Å². The largest absolute Gasteiger partial charge is 0.316 e. The van der Waals surface area contributed by atoms with Gasteiger partial charge in [0, 0.05) is 0 Å². The smallest absolute Gasteiger partial charge is 0.00191 e. The second-order valence-electron chi connectivity index (χ2n) is 5.13. The zero-order valence-electron chi connectivity index (χ0n) is 10.1. The van der Waals surface area contributed by atoms with E-state index in [2.05, 4.69) is 31.1 Å². The van der Waals surface area contributed by atoms with Crippen LogP contribution in [-0.4, -0.2) is 38.1 Å². The van der Waals surface area contributed by atoms with Gasteiger partial charge in [0.25, 0.3) is 0 Å². The highest BCUT2D eigenvalue weighted by Gasteiger charge is 2.15. The van der Waals surface area contributed by atoms with E-state index < -0.39 is 0 Å². The summed E-state index contributed by atoms with van der Waals surface area (Å²) in [6.45, 7) is 9.52. The van der Waals surface area contributed by atoms with Gasteiger partial charge in [0.05, 0.1) is 0 Å². The second kappa shape index (κ2) is 6.41. The maximum absolute atomic E-state index is 3.53. The summed E-state index contributed by atoms with van der Waals surface area (Å²) in [6, 6.07) is 0. The van der Waals surface area contributed by atoms with Crippen LogP contribution in [0.1, 0.15) is 33.1 Å². The van der Waals surface area contributed by atoms with Crippen LogP contribution < -0.4 is 5.32 Å². The lowest BCUT2D eigenvalue weighted by molar-refractivity contribution is 0.211. The Balaban J connectivity index is 1.96. The predicted molar refractivity (Wildman–Crippen MR) is 62.5 cm³/mol. The van der Waals surface area contributed by atoms with E-state index in [-0.39, 0.29) is 0 Å². The number of hydrogen-bond donors (Lipinski definition) is 1. The zero-order chi connectivity index (χ0) is 10.4. The molecule has 0 aromatic rings. The van der Waals surface area contributed by atoms with E-state index in [0.717, 1.165) is 11.8 Å². The van der Waals surface area contributed by atoms with Crippen LogP contribution in [-0.2, 0) is 0 Å². The molecule has 1 heterocycles. The molecule has 0 atom stereocenters. The van der Waals surface area contributed by atoms with Crippen LogP contribution in [0.2, 0.25) is 0 Å². The van der Waals surface area contributed by atoms with Crippen molar-refractivity contribution in [3.05, 3.63) is 0 Å². The Hall–Kier alpha value is -0.0800. The number of likely N-dealkylation sites (tertiary alicyclic amines) is 1. The molecule has 1 aliphatic rings. The molecule has 0 amide bonds. The van der Waals surface area contributed by atoms with Crippen molar-refractivity contribution in [2.75, 3.05) is 33.2 Å². The molecule has 0 aliphatic carbocycles. The third kappa shape index (κ3) is 4.97. The van der Waals surface area contributed by atoms with Crippen molar-refractivity contribution in [2.24, 2.45) is 11.8 Å². The molecule has 0 aromatic heterocycles. The van der Waals surface area contributed by atoms with E-state index >= 15 is 0 Å². The van der Waals surface area contributed by atoms with E-state index in [4.69, 9.17) is 0 Å². The molecular weight excluding hydrogens is 172 g/mol. The van der Waals surface area contributed by atoms with Gasteiger partial charge >= 0.3 is 0 Å². The lowest BCUT2D eigenvalue weighted by atomic mass is 9.94. The minimum absolute atomic E-state index is 0.785. The molecule has 0 unspecified atom stereocenters.